The molecule has 0 saturated heterocycles. The largest absolute Gasteiger partial charge is 0.463 e. The summed E-state index contributed by atoms with van der Waals surface area (Å²) in [5.41, 5.74) is 0.726. The van der Waals surface area contributed by atoms with E-state index in [-0.39, 0.29) is 11.3 Å². The van der Waals surface area contributed by atoms with Crippen molar-refractivity contribution < 1.29 is 13.9 Å². The molecule has 0 aromatic carbocycles. The SMILES string of the molecule is COC(=O)c1ccc(Cn2c(C)cccc2=O)o1. The van der Waals surface area contributed by atoms with Crippen LogP contribution in [0.2, 0.25) is 0 Å². The third-order valence-electron chi connectivity index (χ3n) is 2.63. The van der Waals surface area contributed by atoms with E-state index in [1.165, 1.54) is 19.2 Å². The summed E-state index contributed by atoms with van der Waals surface area (Å²) in [7, 11) is 1.29. The van der Waals surface area contributed by atoms with Crippen LogP contribution in [0.4, 0.5) is 0 Å². The number of carbonyl (C=O) groups excluding carboxylic acids is 1. The molecule has 5 heteroatoms. The maximum atomic E-state index is 11.7. The van der Waals surface area contributed by atoms with E-state index < -0.39 is 5.97 Å². The fraction of sp³-hybridized carbons (Fsp3) is 0.231. The number of hydrogen-bond acceptors (Lipinski definition) is 4. The lowest BCUT2D eigenvalue weighted by Gasteiger charge is -2.06. The van der Waals surface area contributed by atoms with Gasteiger partial charge in [0.15, 0.2) is 0 Å². The average Bonchev–Trinajstić information content (AvgIpc) is 2.81. The normalized spacial score (nSPS) is 10.3. The van der Waals surface area contributed by atoms with Gasteiger partial charge in [0.1, 0.15) is 5.76 Å². The van der Waals surface area contributed by atoms with Crippen molar-refractivity contribution in [3.05, 3.63) is 57.9 Å². The summed E-state index contributed by atoms with van der Waals surface area (Å²) in [5.74, 6) is 0.138. The van der Waals surface area contributed by atoms with Gasteiger partial charge in [0.25, 0.3) is 5.56 Å². The number of nitrogens with zero attached hydrogens (tertiary/aromatic N) is 1. The van der Waals surface area contributed by atoms with E-state index in [2.05, 4.69) is 4.74 Å². The maximum Gasteiger partial charge on any atom is 0.373 e. The van der Waals surface area contributed by atoms with Gasteiger partial charge in [0.05, 0.1) is 13.7 Å². The van der Waals surface area contributed by atoms with Gasteiger partial charge >= 0.3 is 5.97 Å². The molecule has 18 heavy (non-hydrogen) atoms. The van der Waals surface area contributed by atoms with E-state index in [4.69, 9.17) is 4.42 Å². The minimum atomic E-state index is -0.529. The minimum absolute atomic E-state index is 0.106. The highest BCUT2D eigenvalue weighted by atomic mass is 16.5. The molecule has 0 aliphatic carbocycles. The summed E-state index contributed by atoms with van der Waals surface area (Å²) in [6, 6.07) is 8.22. The molecule has 0 fully saturated rings. The Bertz CT molecular complexity index is 624. The summed E-state index contributed by atoms with van der Waals surface area (Å²) in [4.78, 5) is 22.9. The molecule has 0 N–H and O–H groups in total. The van der Waals surface area contributed by atoms with Gasteiger partial charge in [0, 0.05) is 11.8 Å². The first-order chi connectivity index (χ1) is 8.61. The van der Waals surface area contributed by atoms with Crippen LogP contribution in [0.25, 0.3) is 0 Å². The number of pyridine rings is 1. The van der Waals surface area contributed by atoms with Crippen LogP contribution in [-0.2, 0) is 11.3 Å². The van der Waals surface area contributed by atoms with Crippen molar-refractivity contribution in [2.75, 3.05) is 7.11 Å². The second-order valence-corrected chi connectivity index (χ2v) is 3.85. The number of carbonyl (C=O) groups is 1. The van der Waals surface area contributed by atoms with Gasteiger partial charge in [-0.3, -0.25) is 4.79 Å². The highest BCUT2D eigenvalue weighted by molar-refractivity contribution is 5.86. The third kappa shape index (κ3) is 2.34. The van der Waals surface area contributed by atoms with Gasteiger partial charge in [-0.1, -0.05) is 6.07 Å². The van der Waals surface area contributed by atoms with Crippen molar-refractivity contribution in [3.8, 4) is 0 Å². The standard InChI is InChI=1S/C13H13NO4/c1-9-4-3-5-12(15)14(9)8-10-6-7-11(18-10)13(16)17-2/h3-7H,8H2,1-2H3. The number of esters is 1. The van der Waals surface area contributed by atoms with E-state index >= 15 is 0 Å². The maximum absolute atomic E-state index is 11.7. The Morgan fingerprint density at radius 1 is 1.33 bits per heavy atom. The molecule has 0 radical (unpaired) electrons. The molecule has 0 unspecified atom stereocenters. The van der Waals surface area contributed by atoms with E-state index in [1.807, 2.05) is 13.0 Å². The monoisotopic (exact) mass is 247 g/mol. The molecule has 2 heterocycles. The van der Waals surface area contributed by atoms with Crippen LogP contribution >= 0.6 is 0 Å². The van der Waals surface area contributed by atoms with Crippen molar-refractivity contribution in [3.63, 3.8) is 0 Å². The number of aromatic nitrogens is 1. The van der Waals surface area contributed by atoms with Crippen molar-refractivity contribution in [2.24, 2.45) is 0 Å². The molecule has 2 aromatic rings. The molecule has 0 atom stereocenters. The number of furan rings is 1. The second-order valence-electron chi connectivity index (χ2n) is 3.85. The van der Waals surface area contributed by atoms with Gasteiger partial charge < -0.3 is 13.7 Å². The van der Waals surface area contributed by atoms with E-state index in [0.29, 0.717) is 12.3 Å². The lowest BCUT2D eigenvalue weighted by Crippen LogP contribution is -2.21. The van der Waals surface area contributed by atoms with Gasteiger partial charge in [-0.2, -0.15) is 0 Å². The fourth-order valence-corrected chi connectivity index (χ4v) is 1.66. The smallest absolute Gasteiger partial charge is 0.373 e. The van der Waals surface area contributed by atoms with Gasteiger partial charge in [-0.05, 0) is 25.1 Å². The summed E-state index contributed by atoms with van der Waals surface area (Å²) < 4.78 is 11.4. The lowest BCUT2D eigenvalue weighted by atomic mass is 10.3. The Morgan fingerprint density at radius 3 is 2.78 bits per heavy atom. The molecule has 0 bridgehead atoms. The summed E-state index contributed by atoms with van der Waals surface area (Å²) in [5, 5.41) is 0. The zero-order chi connectivity index (χ0) is 13.1. The Hall–Kier alpha value is -2.30. The first-order valence-electron chi connectivity index (χ1n) is 5.45. The predicted molar refractivity (Wildman–Crippen MR) is 64.6 cm³/mol. The van der Waals surface area contributed by atoms with Gasteiger partial charge in [-0.25, -0.2) is 4.79 Å². The molecule has 94 valence electrons. The van der Waals surface area contributed by atoms with Gasteiger partial charge in [0.2, 0.25) is 5.76 Å². The molecule has 0 aliphatic rings. The molecular formula is C13H13NO4. The Balaban J connectivity index is 2.27. The molecule has 2 rings (SSSR count). The number of methoxy groups -OCH3 is 1. The molecule has 0 spiro atoms. The second kappa shape index (κ2) is 4.91. The molecule has 0 amide bonds. The van der Waals surface area contributed by atoms with Crippen molar-refractivity contribution in [1.29, 1.82) is 0 Å². The highest BCUT2D eigenvalue weighted by Gasteiger charge is 2.11. The summed E-state index contributed by atoms with van der Waals surface area (Å²) in [6.07, 6.45) is 0. The number of aryl methyl sites for hydroxylation is 1. The fourth-order valence-electron chi connectivity index (χ4n) is 1.66. The number of ether oxygens (including phenoxy) is 1. The van der Waals surface area contributed by atoms with E-state index in [9.17, 15) is 9.59 Å². The van der Waals surface area contributed by atoms with E-state index in [1.54, 1.807) is 16.7 Å². The van der Waals surface area contributed by atoms with Crippen LogP contribution in [-0.4, -0.2) is 17.6 Å². The molecular weight excluding hydrogens is 234 g/mol. The van der Waals surface area contributed by atoms with Crippen molar-refractivity contribution in [1.82, 2.24) is 4.57 Å². The zero-order valence-electron chi connectivity index (χ0n) is 10.2. The predicted octanol–water partition coefficient (Wildman–Crippen LogP) is 1.58. The van der Waals surface area contributed by atoms with Crippen LogP contribution in [0, 0.1) is 6.92 Å². The Morgan fingerprint density at radius 2 is 2.11 bits per heavy atom. The number of rotatable bonds is 3. The third-order valence-corrected chi connectivity index (χ3v) is 2.63. The van der Waals surface area contributed by atoms with Crippen LogP contribution in [0.15, 0.2) is 39.5 Å². The topological polar surface area (TPSA) is 61.4 Å². The first-order valence-corrected chi connectivity index (χ1v) is 5.45. The zero-order valence-corrected chi connectivity index (χ0v) is 10.2. The number of hydrogen-bond donors (Lipinski definition) is 0. The molecule has 0 saturated carbocycles. The van der Waals surface area contributed by atoms with Crippen LogP contribution in [0.3, 0.4) is 0 Å². The summed E-state index contributed by atoms with van der Waals surface area (Å²) >= 11 is 0. The van der Waals surface area contributed by atoms with Gasteiger partial charge in [-0.15, -0.1) is 0 Å². The summed E-state index contributed by atoms with van der Waals surface area (Å²) in [6.45, 7) is 2.13. The van der Waals surface area contributed by atoms with Crippen LogP contribution in [0.5, 0.6) is 0 Å². The van der Waals surface area contributed by atoms with Crippen molar-refractivity contribution in [2.45, 2.75) is 13.5 Å². The molecule has 0 aliphatic heterocycles. The quantitative estimate of drug-likeness (QED) is 0.773. The van der Waals surface area contributed by atoms with Crippen LogP contribution in [0.1, 0.15) is 22.0 Å². The lowest BCUT2D eigenvalue weighted by molar-refractivity contribution is 0.0563. The van der Waals surface area contributed by atoms with E-state index in [0.717, 1.165) is 5.69 Å². The molecule has 5 nitrogen and oxygen atoms in total. The first kappa shape index (κ1) is 12.2. The Labute approximate surface area is 104 Å². The Kier molecular flexibility index (Phi) is 3.32. The highest BCUT2D eigenvalue weighted by Crippen LogP contribution is 2.10. The van der Waals surface area contributed by atoms with Crippen molar-refractivity contribution >= 4 is 5.97 Å². The average molecular weight is 247 g/mol. The minimum Gasteiger partial charge on any atom is -0.463 e. The molecule has 2 aromatic heterocycles. The van der Waals surface area contributed by atoms with Crippen LogP contribution < -0.4 is 5.56 Å².